The van der Waals surface area contributed by atoms with Crippen LogP contribution in [0, 0.1) is 5.41 Å². The number of nitrogens with two attached hydrogens (primary N) is 2. The molecule has 2 unspecified atom stereocenters. The van der Waals surface area contributed by atoms with Crippen molar-refractivity contribution < 1.29 is 4.74 Å². The Labute approximate surface area is 118 Å². The number of dihydropyridines is 1. The second-order valence-electron chi connectivity index (χ2n) is 5.73. The van der Waals surface area contributed by atoms with Crippen molar-refractivity contribution in [3.63, 3.8) is 0 Å². The number of nitrogens with one attached hydrogen (secondary N) is 1. The van der Waals surface area contributed by atoms with Crippen molar-refractivity contribution in [2.75, 3.05) is 13.2 Å². The molecule has 0 saturated carbocycles. The zero-order chi connectivity index (χ0) is 14.2. The fourth-order valence-electron chi connectivity index (χ4n) is 2.81. The van der Waals surface area contributed by atoms with Crippen LogP contribution in [0.5, 0.6) is 0 Å². The number of nitrogens with zero attached hydrogens (tertiary/aromatic N) is 1. The van der Waals surface area contributed by atoms with Gasteiger partial charge in [-0.2, -0.15) is 0 Å². The predicted octanol–water partition coefficient (Wildman–Crippen LogP) is 0.950. The van der Waals surface area contributed by atoms with Crippen LogP contribution in [0.4, 0.5) is 0 Å². The number of hydrogen-bond acceptors (Lipinski definition) is 5. The molecule has 20 heavy (non-hydrogen) atoms. The summed E-state index contributed by atoms with van der Waals surface area (Å²) in [6, 6.07) is 3.89. The Morgan fingerprint density at radius 1 is 1.30 bits per heavy atom. The molecule has 2 aliphatic rings. The topological polar surface area (TPSA) is 86.2 Å². The van der Waals surface area contributed by atoms with E-state index >= 15 is 0 Å². The maximum atomic E-state index is 6.63. The molecule has 0 amide bonds. The molecule has 0 bridgehead atoms. The second kappa shape index (κ2) is 4.61. The van der Waals surface area contributed by atoms with E-state index < -0.39 is 5.66 Å². The number of pyridine rings is 1. The fraction of sp³-hybridized carbons (Fsp3) is 0.400. The number of allylic oxidation sites excluding steroid dienone is 2. The van der Waals surface area contributed by atoms with E-state index in [1.165, 1.54) is 0 Å². The predicted molar refractivity (Wildman–Crippen MR) is 78.1 cm³/mol. The lowest BCUT2D eigenvalue weighted by atomic mass is 9.73. The zero-order valence-corrected chi connectivity index (χ0v) is 11.6. The summed E-state index contributed by atoms with van der Waals surface area (Å²) >= 11 is 0. The number of ether oxygens (including phenoxy) is 1. The van der Waals surface area contributed by atoms with Gasteiger partial charge in [-0.3, -0.25) is 4.98 Å². The Morgan fingerprint density at radius 2 is 2.05 bits per heavy atom. The molecule has 106 valence electrons. The molecule has 5 heteroatoms. The summed E-state index contributed by atoms with van der Waals surface area (Å²) in [6.45, 7) is 3.44. The Bertz CT molecular complexity index is 560. The largest absolute Gasteiger partial charge is 0.399 e. The lowest BCUT2D eigenvalue weighted by molar-refractivity contribution is 0.105. The van der Waals surface area contributed by atoms with Crippen LogP contribution in [0.3, 0.4) is 0 Å². The molecule has 1 aromatic rings. The highest BCUT2D eigenvalue weighted by molar-refractivity contribution is 5.68. The van der Waals surface area contributed by atoms with Gasteiger partial charge in [-0.25, -0.2) is 0 Å². The summed E-state index contributed by atoms with van der Waals surface area (Å²) in [5.74, 6) is 0. The van der Waals surface area contributed by atoms with Gasteiger partial charge in [0, 0.05) is 41.4 Å². The standard InChI is InChI=1S/C15H20N4O/c1-14(6-9-20-10-14)15(17)13(16)3-2-12(19-15)11-4-7-18-8-5-11/h2-5,7-8,19H,6,9-10,16-17H2,1H3. The summed E-state index contributed by atoms with van der Waals surface area (Å²) in [5, 5.41) is 3.42. The van der Waals surface area contributed by atoms with Crippen molar-refractivity contribution in [3.8, 4) is 0 Å². The van der Waals surface area contributed by atoms with Crippen LogP contribution < -0.4 is 16.8 Å². The van der Waals surface area contributed by atoms with E-state index in [0.29, 0.717) is 12.3 Å². The van der Waals surface area contributed by atoms with Crippen LogP contribution >= 0.6 is 0 Å². The maximum absolute atomic E-state index is 6.63. The molecule has 2 atom stereocenters. The van der Waals surface area contributed by atoms with Crippen molar-refractivity contribution in [1.29, 1.82) is 0 Å². The van der Waals surface area contributed by atoms with Crippen LogP contribution in [-0.4, -0.2) is 23.9 Å². The lowest BCUT2D eigenvalue weighted by Crippen LogP contribution is -2.67. The Hall–Kier alpha value is -1.85. The average Bonchev–Trinajstić information content (AvgIpc) is 2.91. The third-order valence-corrected chi connectivity index (χ3v) is 4.38. The SMILES string of the molecule is CC1(C2(N)NC(c3ccncc3)=CC=C2N)CCOC1. The molecule has 0 radical (unpaired) electrons. The molecule has 1 aromatic heterocycles. The quantitative estimate of drug-likeness (QED) is 0.746. The monoisotopic (exact) mass is 272 g/mol. The zero-order valence-electron chi connectivity index (χ0n) is 11.6. The summed E-state index contributed by atoms with van der Waals surface area (Å²) in [4.78, 5) is 4.04. The normalized spacial score (nSPS) is 33.3. The highest BCUT2D eigenvalue weighted by atomic mass is 16.5. The average molecular weight is 272 g/mol. The van der Waals surface area contributed by atoms with Crippen LogP contribution in [0.1, 0.15) is 18.9 Å². The summed E-state index contributed by atoms with van der Waals surface area (Å²) in [6.07, 6.45) is 8.25. The summed E-state index contributed by atoms with van der Waals surface area (Å²) in [5.41, 5.74) is 14.4. The minimum absolute atomic E-state index is 0.222. The first-order valence-electron chi connectivity index (χ1n) is 6.78. The number of hydrogen-bond donors (Lipinski definition) is 3. The molecule has 5 N–H and O–H groups in total. The Kier molecular flexibility index (Phi) is 3.03. The van der Waals surface area contributed by atoms with Gasteiger partial charge in [-0.1, -0.05) is 6.92 Å². The number of rotatable bonds is 2. The van der Waals surface area contributed by atoms with Gasteiger partial charge in [0.05, 0.1) is 6.61 Å². The van der Waals surface area contributed by atoms with Crippen molar-refractivity contribution in [2.24, 2.45) is 16.9 Å². The van der Waals surface area contributed by atoms with Gasteiger partial charge in [0.15, 0.2) is 0 Å². The maximum Gasteiger partial charge on any atom is 0.134 e. The van der Waals surface area contributed by atoms with Crippen molar-refractivity contribution in [2.45, 2.75) is 19.0 Å². The minimum atomic E-state index is -0.795. The molecule has 0 spiro atoms. The van der Waals surface area contributed by atoms with Crippen LogP contribution in [0.15, 0.2) is 42.4 Å². The van der Waals surface area contributed by atoms with Crippen LogP contribution in [0.2, 0.25) is 0 Å². The highest BCUT2D eigenvalue weighted by Crippen LogP contribution is 2.41. The van der Waals surface area contributed by atoms with E-state index in [1.54, 1.807) is 12.4 Å². The van der Waals surface area contributed by atoms with Gasteiger partial charge in [0.25, 0.3) is 0 Å². The van der Waals surface area contributed by atoms with Gasteiger partial charge < -0.3 is 21.5 Å². The Morgan fingerprint density at radius 3 is 2.70 bits per heavy atom. The van der Waals surface area contributed by atoms with Crippen molar-refractivity contribution in [3.05, 3.63) is 47.9 Å². The van der Waals surface area contributed by atoms with Crippen LogP contribution in [-0.2, 0) is 4.74 Å². The van der Waals surface area contributed by atoms with E-state index in [-0.39, 0.29) is 5.41 Å². The smallest absolute Gasteiger partial charge is 0.134 e. The molecular formula is C15H20N4O. The molecule has 0 aliphatic carbocycles. The molecule has 3 heterocycles. The minimum Gasteiger partial charge on any atom is -0.399 e. The van der Waals surface area contributed by atoms with E-state index in [1.807, 2.05) is 24.3 Å². The van der Waals surface area contributed by atoms with E-state index in [4.69, 9.17) is 16.2 Å². The van der Waals surface area contributed by atoms with Gasteiger partial charge in [-0.05, 0) is 30.7 Å². The van der Waals surface area contributed by atoms with Crippen molar-refractivity contribution in [1.82, 2.24) is 10.3 Å². The molecule has 3 rings (SSSR count). The first kappa shape index (κ1) is 13.1. The molecule has 1 fully saturated rings. The molecule has 2 aliphatic heterocycles. The summed E-state index contributed by atoms with van der Waals surface area (Å²) < 4.78 is 5.54. The number of aromatic nitrogens is 1. The van der Waals surface area contributed by atoms with Gasteiger partial charge >= 0.3 is 0 Å². The third kappa shape index (κ3) is 1.90. The van der Waals surface area contributed by atoms with Crippen LogP contribution in [0.25, 0.3) is 5.70 Å². The fourth-order valence-corrected chi connectivity index (χ4v) is 2.81. The first-order valence-corrected chi connectivity index (χ1v) is 6.78. The highest BCUT2D eigenvalue weighted by Gasteiger charge is 2.50. The van der Waals surface area contributed by atoms with E-state index in [9.17, 15) is 0 Å². The first-order chi connectivity index (χ1) is 9.55. The Balaban J connectivity index is 1.96. The molecule has 5 nitrogen and oxygen atoms in total. The summed E-state index contributed by atoms with van der Waals surface area (Å²) in [7, 11) is 0. The molecule has 0 aromatic carbocycles. The molecule has 1 saturated heterocycles. The lowest BCUT2D eigenvalue weighted by Gasteiger charge is -2.46. The third-order valence-electron chi connectivity index (χ3n) is 4.38. The van der Waals surface area contributed by atoms with Gasteiger partial charge in [0.2, 0.25) is 0 Å². The van der Waals surface area contributed by atoms with Crippen molar-refractivity contribution >= 4 is 5.70 Å². The van der Waals surface area contributed by atoms with E-state index in [2.05, 4.69) is 17.2 Å². The molecular weight excluding hydrogens is 252 g/mol. The van der Waals surface area contributed by atoms with Gasteiger partial charge in [0.1, 0.15) is 5.66 Å². The van der Waals surface area contributed by atoms with E-state index in [0.717, 1.165) is 24.3 Å². The second-order valence-corrected chi connectivity index (χ2v) is 5.73. The van der Waals surface area contributed by atoms with Gasteiger partial charge in [-0.15, -0.1) is 0 Å².